The van der Waals surface area contributed by atoms with E-state index < -0.39 is 0 Å². The lowest BCUT2D eigenvalue weighted by molar-refractivity contribution is -0.0257. The monoisotopic (exact) mass is 326 g/mol. The van der Waals surface area contributed by atoms with Crippen molar-refractivity contribution < 1.29 is 4.74 Å². The molecule has 0 bridgehead atoms. The van der Waals surface area contributed by atoms with Crippen LogP contribution in [0.3, 0.4) is 0 Å². The number of benzene rings is 1. The third-order valence-corrected chi connectivity index (χ3v) is 4.08. The number of rotatable bonds is 7. The van der Waals surface area contributed by atoms with Crippen LogP contribution in [0.25, 0.3) is 0 Å². The molecule has 1 atom stereocenters. The van der Waals surface area contributed by atoms with E-state index in [1.807, 2.05) is 22.9 Å². The van der Waals surface area contributed by atoms with E-state index in [0.29, 0.717) is 16.6 Å². The summed E-state index contributed by atoms with van der Waals surface area (Å²) in [6.07, 6.45) is 7.52. The van der Waals surface area contributed by atoms with Crippen molar-refractivity contribution in [2.75, 3.05) is 0 Å². The number of hydrogen-bond donors (Lipinski definition) is 0. The molecule has 0 aliphatic rings. The Labute approximate surface area is 135 Å². The third kappa shape index (κ3) is 4.47. The molecule has 1 aromatic carbocycles. The molecule has 0 amide bonds. The third-order valence-electron chi connectivity index (χ3n) is 3.51. The molecule has 0 saturated heterocycles. The molecule has 114 valence electrons. The van der Waals surface area contributed by atoms with Crippen molar-refractivity contribution in [1.82, 2.24) is 9.55 Å². The highest BCUT2D eigenvalue weighted by atomic mass is 35.5. The number of nitrogens with zero attached hydrogens (tertiary/aromatic N) is 2. The summed E-state index contributed by atoms with van der Waals surface area (Å²) in [5.74, 6) is 0. The highest BCUT2D eigenvalue weighted by Gasteiger charge is 2.20. The summed E-state index contributed by atoms with van der Waals surface area (Å²) >= 11 is 12.3. The Hall–Kier alpha value is -1.03. The van der Waals surface area contributed by atoms with E-state index in [1.165, 1.54) is 0 Å². The standard InChI is InChI=1S/C16H20Cl2N2O/c1-3-13(4-2)21-16(10-20-8-7-19-11-20)14-6-5-12(17)9-15(14)18/h5-9,11,13,16H,3-4,10H2,1-2H3. The molecule has 0 radical (unpaired) electrons. The van der Waals surface area contributed by atoms with Crippen molar-refractivity contribution in [2.45, 2.75) is 45.4 Å². The van der Waals surface area contributed by atoms with Crippen LogP contribution in [0.5, 0.6) is 0 Å². The van der Waals surface area contributed by atoms with Crippen LogP contribution in [0.4, 0.5) is 0 Å². The first kappa shape index (κ1) is 16.3. The van der Waals surface area contributed by atoms with E-state index in [-0.39, 0.29) is 12.2 Å². The molecule has 2 rings (SSSR count). The fourth-order valence-corrected chi connectivity index (χ4v) is 2.81. The first-order valence-corrected chi connectivity index (χ1v) is 7.95. The first-order chi connectivity index (χ1) is 10.1. The van der Waals surface area contributed by atoms with Gasteiger partial charge in [0.05, 0.1) is 19.0 Å². The zero-order chi connectivity index (χ0) is 15.2. The second kappa shape index (κ2) is 7.83. The van der Waals surface area contributed by atoms with E-state index in [9.17, 15) is 0 Å². The number of ether oxygens (including phenoxy) is 1. The number of imidazole rings is 1. The van der Waals surface area contributed by atoms with Crippen LogP contribution >= 0.6 is 23.2 Å². The van der Waals surface area contributed by atoms with Gasteiger partial charge in [-0.25, -0.2) is 4.98 Å². The molecule has 0 spiro atoms. The quantitative estimate of drug-likeness (QED) is 0.704. The maximum absolute atomic E-state index is 6.34. The van der Waals surface area contributed by atoms with Gasteiger partial charge in [-0.15, -0.1) is 0 Å². The maximum Gasteiger partial charge on any atom is 0.102 e. The van der Waals surface area contributed by atoms with E-state index >= 15 is 0 Å². The lowest BCUT2D eigenvalue weighted by Crippen LogP contribution is -2.19. The van der Waals surface area contributed by atoms with Gasteiger partial charge in [-0.2, -0.15) is 0 Å². The fraction of sp³-hybridized carbons (Fsp3) is 0.438. The van der Waals surface area contributed by atoms with Gasteiger partial charge in [0.25, 0.3) is 0 Å². The average Bonchev–Trinajstić information content (AvgIpc) is 2.96. The van der Waals surface area contributed by atoms with Crippen LogP contribution in [-0.4, -0.2) is 15.7 Å². The van der Waals surface area contributed by atoms with Crippen molar-refractivity contribution in [3.63, 3.8) is 0 Å². The van der Waals surface area contributed by atoms with Gasteiger partial charge in [0, 0.05) is 28.0 Å². The summed E-state index contributed by atoms with van der Waals surface area (Å²) in [5, 5.41) is 1.27. The highest BCUT2D eigenvalue weighted by Crippen LogP contribution is 2.31. The Balaban J connectivity index is 2.25. The van der Waals surface area contributed by atoms with Crippen LogP contribution in [0, 0.1) is 0 Å². The van der Waals surface area contributed by atoms with Crippen molar-refractivity contribution in [3.8, 4) is 0 Å². The van der Waals surface area contributed by atoms with Crippen molar-refractivity contribution in [1.29, 1.82) is 0 Å². The van der Waals surface area contributed by atoms with Crippen molar-refractivity contribution in [2.24, 2.45) is 0 Å². The lowest BCUT2D eigenvalue weighted by Gasteiger charge is -2.25. The molecule has 1 heterocycles. The minimum atomic E-state index is -0.117. The largest absolute Gasteiger partial charge is 0.368 e. The zero-order valence-corrected chi connectivity index (χ0v) is 13.8. The average molecular weight is 327 g/mol. The summed E-state index contributed by atoms with van der Waals surface area (Å²) in [7, 11) is 0. The van der Waals surface area contributed by atoms with Gasteiger partial charge >= 0.3 is 0 Å². The summed E-state index contributed by atoms with van der Waals surface area (Å²) in [4.78, 5) is 4.08. The van der Waals surface area contributed by atoms with Gasteiger partial charge in [0.2, 0.25) is 0 Å². The van der Waals surface area contributed by atoms with Gasteiger partial charge < -0.3 is 9.30 Å². The fourth-order valence-electron chi connectivity index (χ4n) is 2.28. The van der Waals surface area contributed by atoms with E-state index in [4.69, 9.17) is 27.9 Å². The number of hydrogen-bond acceptors (Lipinski definition) is 2. The van der Waals surface area contributed by atoms with Crippen LogP contribution < -0.4 is 0 Å². The molecule has 5 heteroatoms. The van der Waals surface area contributed by atoms with E-state index in [1.54, 1.807) is 18.6 Å². The Morgan fingerprint density at radius 2 is 2.00 bits per heavy atom. The minimum Gasteiger partial charge on any atom is -0.368 e. The Bertz CT molecular complexity index is 553. The molecule has 0 fully saturated rings. The van der Waals surface area contributed by atoms with E-state index in [0.717, 1.165) is 18.4 Å². The molecule has 0 aliphatic heterocycles. The predicted molar refractivity (Wildman–Crippen MR) is 86.9 cm³/mol. The number of halogens is 2. The topological polar surface area (TPSA) is 27.1 Å². The molecule has 2 aromatic rings. The summed E-state index contributed by atoms with van der Waals surface area (Å²) < 4.78 is 8.25. The van der Waals surface area contributed by atoms with Crippen LogP contribution in [0.15, 0.2) is 36.9 Å². The van der Waals surface area contributed by atoms with Crippen molar-refractivity contribution in [3.05, 3.63) is 52.5 Å². The molecule has 0 N–H and O–H groups in total. The second-order valence-electron chi connectivity index (χ2n) is 4.99. The number of aromatic nitrogens is 2. The Morgan fingerprint density at radius 1 is 1.24 bits per heavy atom. The highest BCUT2D eigenvalue weighted by molar-refractivity contribution is 6.35. The summed E-state index contributed by atoms with van der Waals surface area (Å²) in [6, 6.07) is 5.55. The predicted octanol–water partition coefficient (Wildman–Crippen LogP) is 5.14. The zero-order valence-electron chi connectivity index (χ0n) is 12.3. The normalized spacial score (nSPS) is 12.8. The Kier molecular flexibility index (Phi) is 6.09. The van der Waals surface area contributed by atoms with Crippen molar-refractivity contribution >= 4 is 23.2 Å². The molecule has 1 unspecified atom stereocenters. The summed E-state index contributed by atoms with van der Waals surface area (Å²) in [6.45, 7) is 4.94. The maximum atomic E-state index is 6.34. The van der Waals surface area contributed by atoms with Gasteiger partial charge in [-0.3, -0.25) is 0 Å². The van der Waals surface area contributed by atoms with Gasteiger partial charge in [-0.1, -0.05) is 43.1 Å². The molecule has 3 nitrogen and oxygen atoms in total. The molecule has 0 aliphatic carbocycles. The minimum absolute atomic E-state index is 0.117. The molecule has 0 saturated carbocycles. The SMILES string of the molecule is CCC(CC)OC(Cn1ccnc1)c1ccc(Cl)cc1Cl. The second-order valence-corrected chi connectivity index (χ2v) is 5.83. The first-order valence-electron chi connectivity index (χ1n) is 7.20. The Morgan fingerprint density at radius 3 is 2.57 bits per heavy atom. The van der Waals surface area contributed by atoms with Crippen LogP contribution in [-0.2, 0) is 11.3 Å². The molecular weight excluding hydrogens is 307 g/mol. The van der Waals surface area contributed by atoms with Crippen LogP contribution in [0.1, 0.15) is 38.4 Å². The summed E-state index contributed by atoms with van der Waals surface area (Å²) in [5.41, 5.74) is 0.960. The van der Waals surface area contributed by atoms with Gasteiger partial charge in [-0.05, 0) is 25.0 Å². The van der Waals surface area contributed by atoms with Gasteiger partial charge in [0.1, 0.15) is 6.10 Å². The van der Waals surface area contributed by atoms with Gasteiger partial charge in [0.15, 0.2) is 0 Å². The smallest absolute Gasteiger partial charge is 0.102 e. The van der Waals surface area contributed by atoms with E-state index in [2.05, 4.69) is 18.8 Å². The lowest BCUT2D eigenvalue weighted by atomic mass is 10.1. The molecule has 1 aromatic heterocycles. The molecule has 21 heavy (non-hydrogen) atoms. The molecular formula is C16H20Cl2N2O. The van der Waals surface area contributed by atoms with Crippen LogP contribution in [0.2, 0.25) is 10.0 Å².